The molecule has 0 aromatic carbocycles. The molecule has 0 aromatic rings. The topological polar surface area (TPSA) is 15.3 Å². The van der Waals surface area contributed by atoms with Gasteiger partial charge in [0.25, 0.3) is 0 Å². The predicted octanol–water partition coefficient (Wildman–Crippen LogP) is 3.03. The molecule has 0 amide bonds. The highest BCUT2D eigenvalue weighted by atomic mass is 15.2. The first-order valence-corrected chi connectivity index (χ1v) is 8.28. The number of fused-ring (bicyclic) bond motifs is 1. The van der Waals surface area contributed by atoms with E-state index in [-0.39, 0.29) is 0 Å². The van der Waals surface area contributed by atoms with Crippen LogP contribution in [0.4, 0.5) is 0 Å². The van der Waals surface area contributed by atoms with Gasteiger partial charge in [-0.25, -0.2) is 0 Å². The molecule has 104 valence electrons. The molecule has 1 saturated carbocycles. The van der Waals surface area contributed by atoms with Crippen LogP contribution in [0.15, 0.2) is 0 Å². The number of nitrogens with zero attached hydrogens (tertiary/aromatic N) is 1. The lowest BCUT2D eigenvalue weighted by Crippen LogP contribution is -2.52. The molecule has 3 atom stereocenters. The molecule has 2 aliphatic heterocycles. The second-order valence-corrected chi connectivity index (χ2v) is 7.00. The summed E-state index contributed by atoms with van der Waals surface area (Å²) in [5, 5.41) is 3.65. The Bertz CT molecular complexity index is 270. The van der Waals surface area contributed by atoms with E-state index in [2.05, 4.69) is 17.1 Å². The Morgan fingerprint density at radius 1 is 1.17 bits per heavy atom. The summed E-state index contributed by atoms with van der Waals surface area (Å²) in [6, 6.07) is 0.948. The van der Waals surface area contributed by atoms with Gasteiger partial charge >= 0.3 is 0 Å². The lowest BCUT2D eigenvalue weighted by molar-refractivity contribution is 0.0435. The number of likely N-dealkylation sites (tertiary alicyclic amines) is 1. The third kappa shape index (κ3) is 2.46. The molecular formula is C16H30N2. The Labute approximate surface area is 113 Å². The highest BCUT2D eigenvalue weighted by Gasteiger charge is 2.39. The number of hydrogen-bond donors (Lipinski definition) is 1. The van der Waals surface area contributed by atoms with Gasteiger partial charge in [0.2, 0.25) is 0 Å². The second kappa shape index (κ2) is 5.50. The van der Waals surface area contributed by atoms with E-state index in [0.29, 0.717) is 5.41 Å². The average Bonchev–Trinajstić information content (AvgIpc) is 2.89. The minimum absolute atomic E-state index is 0.586. The van der Waals surface area contributed by atoms with Gasteiger partial charge in [0.05, 0.1) is 0 Å². The first-order chi connectivity index (χ1) is 8.83. The molecule has 0 spiro atoms. The lowest BCUT2D eigenvalue weighted by Gasteiger charge is -2.46. The fraction of sp³-hybridized carbons (Fsp3) is 1.00. The Morgan fingerprint density at radius 2 is 2.06 bits per heavy atom. The molecule has 0 radical (unpaired) electrons. The molecule has 18 heavy (non-hydrogen) atoms. The Hall–Kier alpha value is -0.0800. The van der Waals surface area contributed by atoms with E-state index < -0.39 is 0 Å². The van der Waals surface area contributed by atoms with Crippen molar-refractivity contribution in [3.8, 4) is 0 Å². The fourth-order valence-electron chi connectivity index (χ4n) is 4.76. The van der Waals surface area contributed by atoms with Crippen molar-refractivity contribution in [2.24, 2.45) is 11.3 Å². The van der Waals surface area contributed by atoms with Crippen molar-refractivity contribution < 1.29 is 0 Å². The van der Waals surface area contributed by atoms with Crippen LogP contribution in [0.1, 0.15) is 58.3 Å². The summed E-state index contributed by atoms with van der Waals surface area (Å²) in [6.45, 7) is 7.66. The van der Waals surface area contributed by atoms with E-state index in [1.54, 1.807) is 0 Å². The SMILES string of the molecule is CCC1(CN2CCCC3CCCC32)CCCNC1. The Kier molecular flexibility index (Phi) is 3.95. The molecule has 1 aliphatic carbocycles. The van der Waals surface area contributed by atoms with Crippen LogP contribution < -0.4 is 5.32 Å². The van der Waals surface area contributed by atoms with Gasteiger partial charge < -0.3 is 5.32 Å². The zero-order valence-corrected chi connectivity index (χ0v) is 12.1. The molecular weight excluding hydrogens is 220 g/mol. The molecule has 3 fully saturated rings. The van der Waals surface area contributed by atoms with Gasteiger partial charge in [0, 0.05) is 19.1 Å². The molecule has 2 nitrogen and oxygen atoms in total. The van der Waals surface area contributed by atoms with Crippen molar-refractivity contribution in [1.29, 1.82) is 0 Å². The first-order valence-electron chi connectivity index (χ1n) is 8.28. The van der Waals surface area contributed by atoms with Gasteiger partial charge in [-0.2, -0.15) is 0 Å². The van der Waals surface area contributed by atoms with Gasteiger partial charge in [-0.05, 0) is 69.4 Å². The minimum Gasteiger partial charge on any atom is -0.316 e. The normalized spacial score (nSPS) is 41.8. The maximum Gasteiger partial charge on any atom is 0.0124 e. The number of rotatable bonds is 3. The van der Waals surface area contributed by atoms with Gasteiger partial charge in [-0.1, -0.05) is 13.3 Å². The van der Waals surface area contributed by atoms with Crippen molar-refractivity contribution in [3.05, 3.63) is 0 Å². The van der Waals surface area contributed by atoms with Crippen molar-refractivity contribution in [1.82, 2.24) is 10.2 Å². The van der Waals surface area contributed by atoms with E-state index in [1.807, 2.05) is 0 Å². The quantitative estimate of drug-likeness (QED) is 0.828. The van der Waals surface area contributed by atoms with Gasteiger partial charge in [0.15, 0.2) is 0 Å². The zero-order chi connectivity index (χ0) is 12.4. The smallest absolute Gasteiger partial charge is 0.0124 e. The van der Waals surface area contributed by atoms with Crippen LogP contribution in [0.3, 0.4) is 0 Å². The standard InChI is InChI=1S/C16H30N2/c1-2-16(9-5-10-17-12-16)13-18-11-4-7-14-6-3-8-15(14)18/h14-15,17H,2-13H2,1H3. The average molecular weight is 250 g/mol. The summed E-state index contributed by atoms with van der Waals surface area (Å²) < 4.78 is 0. The molecule has 0 aromatic heterocycles. The number of nitrogens with one attached hydrogen (secondary N) is 1. The van der Waals surface area contributed by atoms with Crippen molar-refractivity contribution >= 4 is 0 Å². The molecule has 3 aliphatic rings. The third-order valence-corrected chi connectivity index (χ3v) is 5.96. The summed E-state index contributed by atoms with van der Waals surface area (Å²) in [6.07, 6.45) is 11.6. The lowest BCUT2D eigenvalue weighted by atomic mass is 9.76. The van der Waals surface area contributed by atoms with E-state index >= 15 is 0 Å². The molecule has 2 heteroatoms. The maximum atomic E-state index is 3.65. The molecule has 3 rings (SSSR count). The molecule has 1 N–H and O–H groups in total. The Morgan fingerprint density at radius 3 is 2.83 bits per heavy atom. The third-order valence-electron chi connectivity index (χ3n) is 5.96. The van der Waals surface area contributed by atoms with Crippen LogP contribution in [0, 0.1) is 11.3 Å². The molecule has 0 bridgehead atoms. The molecule has 2 saturated heterocycles. The van der Waals surface area contributed by atoms with Crippen molar-refractivity contribution in [2.45, 2.75) is 64.3 Å². The minimum atomic E-state index is 0.586. The van der Waals surface area contributed by atoms with Gasteiger partial charge in [-0.3, -0.25) is 4.90 Å². The van der Waals surface area contributed by atoms with Crippen molar-refractivity contribution in [3.63, 3.8) is 0 Å². The largest absolute Gasteiger partial charge is 0.316 e. The summed E-state index contributed by atoms with van der Waals surface area (Å²) in [4.78, 5) is 2.89. The molecule has 2 heterocycles. The Balaban J connectivity index is 1.66. The summed E-state index contributed by atoms with van der Waals surface area (Å²) >= 11 is 0. The van der Waals surface area contributed by atoms with E-state index in [4.69, 9.17) is 0 Å². The van der Waals surface area contributed by atoms with E-state index in [1.165, 1.54) is 77.5 Å². The van der Waals surface area contributed by atoms with E-state index in [9.17, 15) is 0 Å². The summed E-state index contributed by atoms with van der Waals surface area (Å²) in [7, 11) is 0. The van der Waals surface area contributed by atoms with Crippen LogP contribution >= 0.6 is 0 Å². The van der Waals surface area contributed by atoms with Crippen LogP contribution in [-0.2, 0) is 0 Å². The second-order valence-electron chi connectivity index (χ2n) is 7.00. The maximum absolute atomic E-state index is 3.65. The first kappa shape index (κ1) is 12.9. The van der Waals surface area contributed by atoms with Crippen molar-refractivity contribution in [2.75, 3.05) is 26.2 Å². The highest BCUT2D eigenvalue weighted by Crippen LogP contribution is 2.40. The fourth-order valence-corrected chi connectivity index (χ4v) is 4.76. The zero-order valence-electron chi connectivity index (χ0n) is 12.1. The predicted molar refractivity (Wildman–Crippen MR) is 76.8 cm³/mol. The summed E-state index contributed by atoms with van der Waals surface area (Å²) in [5.41, 5.74) is 0.586. The number of piperidine rings is 2. The van der Waals surface area contributed by atoms with Crippen LogP contribution in [0.2, 0.25) is 0 Å². The van der Waals surface area contributed by atoms with Crippen LogP contribution in [0.25, 0.3) is 0 Å². The highest BCUT2D eigenvalue weighted by molar-refractivity contribution is 4.94. The van der Waals surface area contributed by atoms with Crippen LogP contribution in [-0.4, -0.2) is 37.1 Å². The number of hydrogen-bond acceptors (Lipinski definition) is 2. The summed E-state index contributed by atoms with van der Waals surface area (Å²) in [5.74, 6) is 1.05. The monoisotopic (exact) mass is 250 g/mol. The van der Waals surface area contributed by atoms with Gasteiger partial charge in [0.1, 0.15) is 0 Å². The van der Waals surface area contributed by atoms with Gasteiger partial charge in [-0.15, -0.1) is 0 Å². The van der Waals surface area contributed by atoms with E-state index in [0.717, 1.165) is 12.0 Å². The molecule has 3 unspecified atom stereocenters. The van der Waals surface area contributed by atoms with Crippen LogP contribution in [0.5, 0.6) is 0 Å².